The van der Waals surface area contributed by atoms with Crippen LogP contribution in [0.25, 0.3) is 10.9 Å². The van der Waals surface area contributed by atoms with Crippen LogP contribution >= 0.6 is 0 Å². The molecule has 2 heterocycles. The first-order valence-electron chi connectivity index (χ1n) is 9.11. The number of rotatable bonds is 3. The van der Waals surface area contributed by atoms with Gasteiger partial charge in [0.2, 0.25) is 10.0 Å². The lowest BCUT2D eigenvalue weighted by Gasteiger charge is -2.31. The van der Waals surface area contributed by atoms with E-state index in [1.54, 1.807) is 28.6 Å². The van der Waals surface area contributed by atoms with Crippen LogP contribution in [0.4, 0.5) is 0 Å². The van der Waals surface area contributed by atoms with Crippen LogP contribution in [0.15, 0.2) is 53.4 Å². The van der Waals surface area contributed by atoms with E-state index in [-0.39, 0.29) is 0 Å². The number of nitrogens with zero attached hydrogens (tertiary/aromatic N) is 1. The van der Waals surface area contributed by atoms with Crippen molar-refractivity contribution in [2.24, 2.45) is 0 Å². The van der Waals surface area contributed by atoms with E-state index < -0.39 is 10.0 Å². The highest BCUT2D eigenvalue weighted by atomic mass is 32.2. The minimum Gasteiger partial charge on any atom is -0.358 e. The molecule has 0 bridgehead atoms. The van der Waals surface area contributed by atoms with Crippen molar-refractivity contribution in [1.82, 2.24) is 9.29 Å². The Morgan fingerprint density at radius 1 is 1.00 bits per heavy atom. The number of hydrogen-bond acceptors (Lipinski definition) is 2. The van der Waals surface area contributed by atoms with Gasteiger partial charge in [-0.3, -0.25) is 0 Å². The minimum absolute atomic E-state index is 0.380. The second-order valence-corrected chi connectivity index (χ2v) is 9.14. The van der Waals surface area contributed by atoms with Crippen LogP contribution in [0.2, 0.25) is 0 Å². The summed E-state index contributed by atoms with van der Waals surface area (Å²) in [6, 6.07) is 15.2. The van der Waals surface area contributed by atoms with E-state index in [9.17, 15) is 8.42 Å². The molecule has 1 aliphatic rings. The van der Waals surface area contributed by atoms with Gasteiger partial charge in [0, 0.05) is 35.6 Å². The third kappa shape index (κ3) is 2.95. The van der Waals surface area contributed by atoms with Crippen LogP contribution in [0.5, 0.6) is 0 Å². The maximum absolute atomic E-state index is 12.8. The van der Waals surface area contributed by atoms with E-state index in [2.05, 4.69) is 37.0 Å². The molecule has 0 amide bonds. The largest absolute Gasteiger partial charge is 0.358 e. The highest BCUT2D eigenvalue weighted by Gasteiger charge is 2.31. The first-order chi connectivity index (χ1) is 12.5. The molecule has 0 spiro atoms. The molecule has 136 valence electrons. The van der Waals surface area contributed by atoms with Gasteiger partial charge in [-0.1, -0.05) is 29.8 Å². The summed E-state index contributed by atoms with van der Waals surface area (Å²) in [6.45, 7) is 5.41. The topological polar surface area (TPSA) is 53.2 Å². The number of hydrogen-bond donors (Lipinski definition) is 1. The predicted molar refractivity (Wildman–Crippen MR) is 105 cm³/mol. The molecule has 0 unspecified atom stereocenters. The summed E-state index contributed by atoms with van der Waals surface area (Å²) in [4.78, 5) is 3.96. The molecule has 1 N–H and O–H groups in total. The van der Waals surface area contributed by atoms with Crippen molar-refractivity contribution in [3.05, 3.63) is 65.4 Å². The Hall–Kier alpha value is -2.11. The lowest BCUT2D eigenvalue weighted by atomic mass is 9.92. The molecule has 1 saturated heterocycles. The number of aromatic nitrogens is 1. The molecule has 3 aromatic rings. The van der Waals surface area contributed by atoms with Crippen LogP contribution in [-0.2, 0) is 10.0 Å². The molecule has 2 aromatic carbocycles. The Kier molecular flexibility index (Phi) is 4.37. The smallest absolute Gasteiger partial charge is 0.243 e. The van der Waals surface area contributed by atoms with Crippen molar-refractivity contribution in [3.8, 4) is 0 Å². The van der Waals surface area contributed by atoms with E-state index in [0.717, 1.165) is 12.8 Å². The molecule has 5 heteroatoms. The van der Waals surface area contributed by atoms with Crippen molar-refractivity contribution in [1.29, 1.82) is 0 Å². The molecule has 4 rings (SSSR count). The molecule has 26 heavy (non-hydrogen) atoms. The molecule has 0 atom stereocenters. The zero-order chi connectivity index (χ0) is 18.3. The summed E-state index contributed by atoms with van der Waals surface area (Å²) in [6.07, 6.45) is 1.69. The minimum atomic E-state index is -3.38. The lowest BCUT2D eigenvalue weighted by molar-refractivity contribution is 0.317. The first-order valence-corrected chi connectivity index (χ1v) is 10.5. The summed E-state index contributed by atoms with van der Waals surface area (Å²) >= 11 is 0. The van der Waals surface area contributed by atoms with Crippen LogP contribution in [0, 0.1) is 13.8 Å². The van der Waals surface area contributed by atoms with Gasteiger partial charge in [-0.2, -0.15) is 4.31 Å². The van der Waals surface area contributed by atoms with Gasteiger partial charge in [-0.15, -0.1) is 0 Å². The number of aromatic amines is 1. The predicted octanol–water partition coefficient (Wildman–Crippen LogP) is 4.35. The van der Waals surface area contributed by atoms with Gasteiger partial charge in [0.05, 0.1) is 4.90 Å². The van der Waals surface area contributed by atoms with Gasteiger partial charge in [0.1, 0.15) is 0 Å². The molecule has 1 fully saturated rings. The Morgan fingerprint density at radius 3 is 2.38 bits per heavy atom. The number of fused-ring (bicyclic) bond motifs is 1. The quantitative estimate of drug-likeness (QED) is 0.747. The van der Waals surface area contributed by atoms with E-state index in [1.165, 1.54) is 27.7 Å². The molecule has 0 radical (unpaired) electrons. The van der Waals surface area contributed by atoms with Gasteiger partial charge in [0.25, 0.3) is 0 Å². The molecule has 4 nitrogen and oxygen atoms in total. The highest BCUT2D eigenvalue weighted by Crippen LogP contribution is 2.35. The summed E-state index contributed by atoms with van der Waals surface area (Å²) in [7, 11) is -3.38. The van der Waals surface area contributed by atoms with Crippen molar-refractivity contribution < 1.29 is 8.42 Å². The van der Waals surface area contributed by atoms with Gasteiger partial charge in [-0.25, -0.2) is 8.42 Å². The Labute approximate surface area is 154 Å². The van der Waals surface area contributed by atoms with Crippen LogP contribution in [0.1, 0.15) is 35.6 Å². The average molecular weight is 369 g/mol. The Balaban J connectivity index is 1.55. The Bertz CT molecular complexity index is 1030. The zero-order valence-electron chi connectivity index (χ0n) is 15.2. The third-order valence-corrected chi connectivity index (χ3v) is 7.41. The molecular weight excluding hydrogens is 344 g/mol. The summed E-state index contributed by atoms with van der Waals surface area (Å²) in [5.41, 5.74) is 4.99. The van der Waals surface area contributed by atoms with E-state index >= 15 is 0 Å². The maximum atomic E-state index is 12.8. The maximum Gasteiger partial charge on any atom is 0.243 e. The average Bonchev–Trinajstić information content (AvgIpc) is 2.99. The summed E-state index contributed by atoms with van der Waals surface area (Å²) in [5, 5.41) is 1.28. The van der Waals surface area contributed by atoms with Crippen molar-refractivity contribution in [2.45, 2.75) is 37.5 Å². The number of aryl methyl sites for hydroxylation is 2. The summed E-state index contributed by atoms with van der Waals surface area (Å²) in [5.74, 6) is 0.380. The van der Waals surface area contributed by atoms with Gasteiger partial charge >= 0.3 is 0 Å². The number of piperidine rings is 1. The first kappa shape index (κ1) is 17.3. The van der Waals surface area contributed by atoms with Crippen molar-refractivity contribution in [2.75, 3.05) is 13.1 Å². The van der Waals surface area contributed by atoms with Crippen LogP contribution in [-0.4, -0.2) is 30.8 Å². The fraction of sp³-hybridized carbons (Fsp3) is 0.333. The fourth-order valence-electron chi connectivity index (χ4n) is 4.00. The van der Waals surface area contributed by atoms with E-state index in [0.29, 0.717) is 23.9 Å². The number of sulfonamides is 1. The number of nitrogens with one attached hydrogen (secondary N) is 1. The number of H-pyrrole nitrogens is 1. The second-order valence-electron chi connectivity index (χ2n) is 7.20. The Morgan fingerprint density at radius 2 is 1.69 bits per heavy atom. The normalized spacial score (nSPS) is 17.0. The van der Waals surface area contributed by atoms with Crippen LogP contribution in [0.3, 0.4) is 0 Å². The van der Waals surface area contributed by atoms with E-state index in [4.69, 9.17) is 0 Å². The van der Waals surface area contributed by atoms with Gasteiger partial charge in [0.15, 0.2) is 0 Å². The standard InChI is InChI=1S/C21H24N2O2S/c1-15-8-9-20-19(14-15)16(2)21(22-20)17-10-12-23(13-11-17)26(24,25)18-6-4-3-5-7-18/h3-9,14,17,22H,10-13H2,1-2H3. The highest BCUT2D eigenvalue weighted by molar-refractivity contribution is 7.89. The van der Waals surface area contributed by atoms with E-state index in [1.807, 2.05) is 6.07 Å². The summed E-state index contributed by atoms with van der Waals surface area (Å²) < 4.78 is 27.2. The van der Waals surface area contributed by atoms with Crippen molar-refractivity contribution in [3.63, 3.8) is 0 Å². The third-order valence-electron chi connectivity index (χ3n) is 5.50. The molecular formula is C21H24N2O2S. The molecule has 1 aromatic heterocycles. The van der Waals surface area contributed by atoms with Gasteiger partial charge in [-0.05, 0) is 56.5 Å². The number of benzene rings is 2. The SMILES string of the molecule is Cc1ccc2[nH]c(C3CCN(S(=O)(=O)c4ccccc4)CC3)c(C)c2c1. The molecule has 0 saturated carbocycles. The lowest BCUT2D eigenvalue weighted by Crippen LogP contribution is -2.38. The fourth-order valence-corrected chi connectivity index (χ4v) is 5.49. The van der Waals surface area contributed by atoms with Gasteiger partial charge < -0.3 is 4.98 Å². The second kappa shape index (κ2) is 6.56. The monoisotopic (exact) mass is 368 g/mol. The zero-order valence-corrected chi connectivity index (χ0v) is 16.0. The van der Waals surface area contributed by atoms with Crippen LogP contribution < -0.4 is 0 Å². The molecule has 0 aliphatic carbocycles. The van der Waals surface area contributed by atoms with Crippen molar-refractivity contribution >= 4 is 20.9 Å². The molecule has 1 aliphatic heterocycles.